The molecule has 1 saturated carbocycles. The second kappa shape index (κ2) is 6.07. The van der Waals surface area contributed by atoms with Gasteiger partial charge in [-0.15, -0.1) is 0 Å². The molecule has 2 heterocycles. The van der Waals surface area contributed by atoms with Crippen molar-refractivity contribution in [3.05, 3.63) is 23.6 Å². The van der Waals surface area contributed by atoms with Crippen LogP contribution in [-0.2, 0) is 6.42 Å². The molecule has 3 rings (SSSR count). The predicted octanol–water partition coefficient (Wildman–Crippen LogP) is 2.13. The molecule has 2 aromatic rings. The summed E-state index contributed by atoms with van der Waals surface area (Å²) in [5.41, 5.74) is 0. The predicted molar refractivity (Wildman–Crippen MR) is 79.4 cm³/mol. The first-order valence-electron chi connectivity index (χ1n) is 7.40. The third kappa shape index (κ3) is 3.68. The third-order valence-electron chi connectivity index (χ3n) is 3.27. The lowest BCUT2D eigenvalue weighted by Crippen LogP contribution is -2.10. The molecular formula is C14H20N6O. The first-order chi connectivity index (χ1) is 10.2. The van der Waals surface area contributed by atoms with Gasteiger partial charge in [-0.3, -0.25) is 0 Å². The van der Waals surface area contributed by atoms with Crippen molar-refractivity contribution >= 4 is 11.6 Å². The molecule has 7 heteroatoms. The number of aromatic nitrogens is 4. The molecule has 21 heavy (non-hydrogen) atoms. The van der Waals surface area contributed by atoms with Crippen LogP contribution in [0.3, 0.4) is 0 Å². The summed E-state index contributed by atoms with van der Waals surface area (Å²) in [7, 11) is 0. The quantitative estimate of drug-likeness (QED) is 0.806. The van der Waals surface area contributed by atoms with E-state index in [0.29, 0.717) is 30.6 Å². The Morgan fingerprint density at radius 2 is 1.95 bits per heavy atom. The number of nitrogens with zero attached hydrogens (tertiary/aromatic N) is 4. The maximum Gasteiger partial charge on any atom is 0.223 e. The number of hydrogen-bond donors (Lipinski definition) is 2. The van der Waals surface area contributed by atoms with Crippen molar-refractivity contribution in [1.82, 2.24) is 20.1 Å². The summed E-state index contributed by atoms with van der Waals surface area (Å²) in [6, 6.07) is 1.94. The molecule has 1 aliphatic carbocycles. The van der Waals surface area contributed by atoms with Crippen molar-refractivity contribution in [2.45, 2.75) is 39.0 Å². The van der Waals surface area contributed by atoms with E-state index < -0.39 is 0 Å². The Hall–Kier alpha value is -2.18. The molecule has 2 N–H and O–H groups in total. The lowest BCUT2D eigenvalue weighted by molar-refractivity contribution is 0.387. The standard InChI is InChI=1S/C14H20N6O/c1-3-15-12-8-13(19-14(18-12)10-4-5-10)16-7-6-11-17-9(2)21-20-11/h8,10H,3-7H2,1-2H3,(H2,15,16,18,19). The Labute approximate surface area is 123 Å². The van der Waals surface area contributed by atoms with Crippen molar-refractivity contribution in [1.29, 1.82) is 0 Å². The van der Waals surface area contributed by atoms with E-state index in [0.717, 1.165) is 24.0 Å². The number of hydrogen-bond acceptors (Lipinski definition) is 7. The molecule has 2 aromatic heterocycles. The van der Waals surface area contributed by atoms with Gasteiger partial charge in [0.05, 0.1) is 0 Å². The first kappa shape index (κ1) is 13.8. The fourth-order valence-corrected chi connectivity index (χ4v) is 2.10. The summed E-state index contributed by atoms with van der Waals surface area (Å²) in [6.45, 7) is 5.41. The van der Waals surface area contributed by atoms with E-state index >= 15 is 0 Å². The second-order valence-corrected chi connectivity index (χ2v) is 5.21. The van der Waals surface area contributed by atoms with Gasteiger partial charge < -0.3 is 15.2 Å². The summed E-state index contributed by atoms with van der Waals surface area (Å²) in [6.07, 6.45) is 3.09. The highest BCUT2D eigenvalue weighted by molar-refractivity contribution is 5.48. The average molecular weight is 288 g/mol. The van der Waals surface area contributed by atoms with Crippen LogP contribution in [0, 0.1) is 6.92 Å². The molecule has 1 fully saturated rings. The van der Waals surface area contributed by atoms with Gasteiger partial charge in [0.1, 0.15) is 17.5 Å². The highest BCUT2D eigenvalue weighted by Crippen LogP contribution is 2.38. The van der Waals surface area contributed by atoms with Crippen molar-refractivity contribution in [3.63, 3.8) is 0 Å². The molecule has 0 atom stereocenters. The second-order valence-electron chi connectivity index (χ2n) is 5.21. The Bertz CT molecular complexity index is 607. The van der Waals surface area contributed by atoms with Crippen LogP contribution in [0.15, 0.2) is 10.6 Å². The monoisotopic (exact) mass is 288 g/mol. The minimum atomic E-state index is 0.531. The Morgan fingerprint density at radius 1 is 1.19 bits per heavy atom. The lowest BCUT2D eigenvalue weighted by Gasteiger charge is -2.09. The largest absolute Gasteiger partial charge is 0.370 e. The van der Waals surface area contributed by atoms with E-state index in [4.69, 9.17) is 4.52 Å². The van der Waals surface area contributed by atoms with E-state index in [1.165, 1.54) is 12.8 Å². The summed E-state index contributed by atoms with van der Waals surface area (Å²) in [4.78, 5) is 13.3. The topological polar surface area (TPSA) is 88.8 Å². The van der Waals surface area contributed by atoms with Crippen molar-refractivity contribution < 1.29 is 4.52 Å². The molecule has 0 saturated heterocycles. The molecule has 0 radical (unpaired) electrons. The van der Waals surface area contributed by atoms with E-state index in [1.807, 2.05) is 6.07 Å². The zero-order valence-corrected chi connectivity index (χ0v) is 12.4. The molecular weight excluding hydrogens is 268 g/mol. The first-order valence-corrected chi connectivity index (χ1v) is 7.40. The van der Waals surface area contributed by atoms with Gasteiger partial charge in [0, 0.05) is 38.4 Å². The normalized spacial score (nSPS) is 14.2. The molecule has 0 aromatic carbocycles. The number of anilines is 2. The third-order valence-corrected chi connectivity index (χ3v) is 3.27. The highest BCUT2D eigenvalue weighted by atomic mass is 16.5. The van der Waals surface area contributed by atoms with Crippen LogP contribution in [0.25, 0.3) is 0 Å². The Morgan fingerprint density at radius 3 is 2.57 bits per heavy atom. The zero-order chi connectivity index (χ0) is 14.7. The lowest BCUT2D eigenvalue weighted by atomic mass is 10.3. The molecule has 0 aliphatic heterocycles. The van der Waals surface area contributed by atoms with Crippen molar-refractivity contribution in [2.75, 3.05) is 23.7 Å². The van der Waals surface area contributed by atoms with Crippen molar-refractivity contribution in [2.24, 2.45) is 0 Å². The van der Waals surface area contributed by atoms with Crippen LogP contribution >= 0.6 is 0 Å². The number of aryl methyl sites for hydroxylation is 1. The molecule has 0 amide bonds. The summed E-state index contributed by atoms with van der Waals surface area (Å²) < 4.78 is 4.95. The van der Waals surface area contributed by atoms with Crippen LogP contribution in [0.4, 0.5) is 11.6 Å². The van der Waals surface area contributed by atoms with Crippen LogP contribution in [0.2, 0.25) is 0 Å². The average Bonchev–Trinajstić information content (AvgIpc) is 3.23. The van der Waals surface area contributed by atoms with E-state index in [1.54, 1.807) is 6.92 Å². The molecule has 1 aliphatic rings. The van der Waals surface area contributed by atoms with Crippen LogP contribution in [0.1, 0.15) is 43.2 Å². The van der Waals surface area contributed by atoms with Gasteiger partial charge in [-0.1, -0.05) is 5.16 Å². The van der Waals surface area contributed by atoms with Gasteiger partial charge in [-0.25, -0.2) is 9.97 Å². The Balaban J connectivity index is 1.63. The highest BCUT2D eigenvalue weighted by Gasteiger charge is 2.27. The van der Waals surface area contributed by atoms with Gasteiger partial charge in [0.25, 0.3) is 0 Å². The number of nitrogens with one attached hydrogen (secondary N) is 2. The zero-order valence-electron chi connectivity index (χ0n) is 12.4. The molecule has 112 valence electrons. The van der Waals surface area contributed by atoms with E-state index in [9.17, 15) is 0 Å². The fraction of sp³-hybridized carbons (Fsp3) is 0.571. The van der Waals surface area contributed by atoms with Crippen LogP contribution in [-0.4, -0.2) is 33.2 Å². The minimum absolute atomic E-state index is 0.531. The molecule has 7 nitrogen and oxygen atoms in total. The van der Waals surface area contributed by atoms with Gasteiger partial charge in [0.2, 0.25) is 5.89 Å². The van der Waals surface area contributed by atoms with E-state index in [-0.39, 0.29) is 0 Å². The smallest absolute Gasteiger partial charge is 0.223 e. The Kier molecular flexibility index (Phi) is 3.98. The molecule has 0 bridgehead atoms. The van der Waals surface area contributed by atoms with E-state index in [2.05, 4.69) is 37.7 Å². The van der Waals surface area contributed by atoms with Gasteiger partial charge >= 0.3 is 0 Å². The van der Waals surface area contributed by atoms with Gasteiger partial charge in [-0.2, -0.15) is 4.98 Å². The maximum atomic E-state index is 4.95. The SMILES string of the molecule is CCNc1cc(NCCc2noc(C)n2)nc(C2CC2)n1. The fourth-order valence-electron chi connectivity index (χ4n) is 2.10. The summed E-state index contributed by atoms with van der Waals surface area (Å²) >= 11 is 0. The van der Waals surface area contributed by atoms with Crippen LogP contribution in [0.5, 0.6) is 0 Å². The number of rotatable bonds is 7. The van der Waals surface area contributed by atoms with Crippen LogP contribution < -0.4 is 10.6 Å². The maximum absolute atomic E-state index is 4.95. The summed E-state index contributed by atoms with van der Waals surface area (Å²) in [5.74, 6) is 4.51. The van der Waals surface area contributed by atoms with Gasteiger partial charge in [-0.05, 0) is 19.8 Å². The minimum Gasteiger partial charge on any atom is -0.370 e. The summed E-state index contributed by atoms with van der Waals surface area (Å²) in [5, 5.41) is 10.4. The van der Waals surface area contributed by atoms with Gasteiger partial charge in [0.15, 0.2) is 5.82 Å². The molecule has 0 spiro atoms. The van der Waals surface area contributed by atoms with Crippen molar-refractivity contribution in [3.8, 4) is 0 Å². The molecule has 0 unspecified atom stereocenters.